The van der Waals surface area contributed by atoms with Gasteiger partial charge in [-0.2, -0.15) is 0 Å². The Morgan fingerprint density at radius 3 is 2.65 bits per heavy atom. The van der Waals surface area contributed by atoms with Crippen LogP contribution in [0.5, 0.6) is 0 Å². The molecular formula is C13H16Cl2N2O3. The van der Waals surface area contributed by atoms with E-state index in [0.29, 0.717) is 23.0 Å². The Labute approximate surface area is 127 Å². The number of hydrogen-bond donors (Lipinski definition) is 3. The number of carbonyl (C=O) groups is 2. The largest absolute Gasteiger partial charge is 0.481 e. The molecule has 110 valence electrons. The number of nitrogens with one attached hydrogen (secondary N) is 2. The fraction of sp³-hybridized carbons (Fsp3) is 0.385. The van der Waals surface area contributed by atoms with Gasteiger partial charge in [0.15, 0.2) is 0 Å². The van der Waals surface area contributed by atoms with Gasteiger partial charge in [0.1, 0.15) is 0 Å². The summed E-state index contributed by atoms with van der Waals surface area (Å²) in [6.45, 7) is 2.10. The highest BCUT2D eigenvalue weighted by Gasteiger charge is 2.12. The third-order valence-corrected chi connectivity index (χ3v) is 3.19. The molecule has 0 unspecified atom stereocenters. The molecule has 0 aliphatic heterocycles. The van der Waals surface area contributed by atoms with Gasteiger partial charge < -0.3 is 15.7 Å². The zero-order valence-corrected chi connectivity index (χ0v) is 12.5. The summed E-state index contributed by atoms with van der Waals surface area (Å²) in [5, 5.41) is 14.8. The lowest BCUT2D eigenvalue weighted by atomic mass is 10.1. The fourth-order valence-electron chi connectivity index (χ4n) is 1.62. The van der Waals surface area contributed by atoms with Crippen LogP contribution in [0.25, 0.3) is 0 Å². The van der Waals surface area contributed by atoms with Gasteiger partial charge in [-0.15, -0.1) is 0 Å². The lowest BCUT2D eigenvalue weighted by molar-refractivity contribution is -0.137. The van der Waals surface area contributed by atoms with Crippen LogP contribution < -0.4 is 10.6 Å². The predicted octanol–water partition coefficient (Wildman–Crippen LogP) is 3.22. The van der Waals surface area contributed by atoms with Crippen molar-refractivity contribution in [1.82, 2.24) is 10.6 Å². The molecule has 1 rings (SSSR count). The van der Waals surface area contributed by atoms with Crippen LogP contribution in [-0.2, 0) is 4.79 Å². The maximum Gasteiger partial charge on any atom is 0.315 e. The summed E-state index contributed by atoms with van der Waals surface area (Å²) in [6, 6.07) is 4.42. The zero-order chi connectivity index (χ0) is 15.1. The molecule has 7 heteroatoms. The Morgan fingerprint density at radius 2 is 2.05 bits per heavy atom. The molecule has 0 saturated carbocycles. The average molecular weight is 319 g/mol. The van der Waals surface area contributed by atoms with Gasteiger partial charge in [0.2, 0.25) is 0 Å². The van der Waals surface area contributed by atoms with Gasteiger partial charge in [0.05, 0.1) is 6.04 Å². The number of carboxylic acids is 1. The maximum atomic E-state index is 11.6. The van der Waals surface area contributed by atoms with Gasteiger partial charge in [-0.05, 0) is 31.0 Å². The lowest BCUT2D eigenvalue weighted by Gasteiger charge is -2.16. The maximum absolute atomic E-state index is 11.6. The van der Waals surface area contributed by atoms with E-state index in [0.717, 1.165) is 5.56 Å². The number of carbonyl (C=O) groups excluding carboxylic acids is 1. The number of benzene rings is 1. The van der Waals surface area contributed by atoms with E-state index in [9.17, 15) is 9.59 Å². The third-order valence-electron chi connectivity index (χ3n) is 2.63. The van der Waals surface area contributed by atoms with Gasteiger partial charge in [-0.25, -0.2) is 4.79 Å². The minimum absolute atomic E-state index is 0.0266. The van der Waals surface area contributed by atoms with E-state index in [2.05, 4.69) is 10.6 Å². The van der Waals surface area contributed by atoms with Gasteiger partial charge in [-0.1, -0.05) is 29.3 Å². The van der Waals surface area contributed by atoms with E-state index in [1.54, 1.807) is 25.1 Å². The predicted molar refractivity (Wildman–Crippen MR) is 78.3 cm³/mol. The fourth-order valence-corrected chi connectivity index (χ4v) is 2.19. The second-order valence-corrected chi connectivity index (χ2v) is 5.13. The van der Waals surface area contributed by atoms with Crippen LogP contribution in [0.2, 0.25) is 10.0 Å². The second-order valence-electron chi connectivity index (χ2n) is 4.29. The molecule has 5 nitrogen and oxygen atoms in total. The van der Waals surface area contributed by atoms with Crippen LogP contribution >= 0.6 is 23.2 Å². The molecule has 0 heterocycles. The standard InChI is InChI=1S/C13H16Cl2N2O3/c1-8(10-5-4-9(14)7-11(10)15)17-13(20)16-6-2-3-12(18)19/h4-5,7-8H,2-3,6H2,1H3,(H,18,19)(H2,16,17,20)/t8-/m1/s1. The smallest absolute Gasteiger partial charge is 0.315 e. The number of halogens is 2. The van der Waals surface area contributed by atoms with Crippen molar-refractivity contribution in [3.63, 3.8) is 0 Å². The molecule has 0 fully saturated rings. The van der Waals surface area contributed by atoms with Crippen molar-refractivity contribution in [3.8, 4) is 0 Å². The Balaban J connectivity index is 2.43. The Morgan fingerprint density at radius 1 is 1.35 bits per heavy atom. The first kappa shape index (κ1) is 16.6. The van der Waals surface area contributed by atoms with Crippen molar-refractivity contribution in [2.45, 2.75) is 25.8 Å². The summed E-state index contributed by atoms with van der Waals surface area (Å²) in [5.74, 6) is -0.881. The van der Waals surface area contributed by atoms with E-state index in [1.807, 2.05) is 0 Å². The van der Waals surface area contributed by atoms with Crippen LogP contribution in [0.4, 0.5) is 4.79 Å². The summed E-state index contributed by atoms with van der Waals surface area (Å²) in [6.07, 6.45) is 0.414. The van der Waals surface area contributed by atoms with Crippen molar-refractivity contribution < 1.29 is 14.7 Å². The number of amides is 2. The van der Waals surface area contributed by atoms with Gasteiger partial charge in [0.25, 0.3) is 0 Å². The first-order valence-corrected chi connectivity index (χ1v) is 6.87. The molecule has 2 amide bonds. The van der Waals surface area contributed by atoms with Crippen LogP contribution in [0, 0.1) is 0 Å². The lowest BCUT2D eigenvalue weighted by Crippen LogP contribution is -2.37. The molecule has 0 saturated heterocycles. The Kier molecular flexibility index (Phi) is 6.61. The number of aliphatic carboxylic acids is 1. The van der Waals surface area contributed by atoms with Crippen molar-refractivity contribution in [2.75, 3.05) is 6.54 Å². The quantitative estimate of drug-likeness (QED) is 0.705. The van der Waals surface area contributed by atoms with E-state index in [4.69, 9.17) is 28.3 Å². The summed E-state index contributed by atoms with van der Waals surface area (Å²) in [4.78, 5) is 21.9. The summed E-state index contributed by atoms with van der Waals surface area (Å²) < 4.78 is 0. The SMILES string of the molecule is C[C@@H](NC(=O)NCCCC(=O)O)c1ccc(Cl)cc1Cl. The number of rotatable bonds is 6. The monoisotopic (exact) mass is 318 g/mol. The molecule has 0 aromatic heterocycles. The van der Waals surface area contributed by atoms with Crippen LogP contribution in [0.3, 0.4) is 0 Å². The van der Waals surface area contributed by atoms with E-state index < -0.39 is 5.97 Å². The molecule has 0 aliphatic rings. The molecule has 3 N–H and O–H groups in total. The van der Waals surface area contributed by atoms with E-state index in [-0.39, 0.29) is 18.5 Å². The molecule has 0 aliphatic carbocycles. The van der Waals surface area contributed by atoms with Gasteiger partial charge in [0, 0.05) is 23.0 Å². The highest BCUT2D eigenvalue weighted by atomic mass is 35.5. The first-order valence-electron chi connectivity index (χ1n) is 6.11. The topological polar surface area (TPSA) is 78.4 Å². The van der Waals surface area contributed by atoms with Crippen LogP contribution in [-0.4, -0.2) is 23.7 Å². The second kappa shape index (κ2) is 7.97. The molecular weight excluding hydrogens is 303 g/mol. The molecule has 20 heavy (non-hydrogen) atoms. The average Bonchev–Trinajstić information content (AvgIpc) is 2.34. The van der Waals surface area contributed by atoms with Crippen LogP contribution in [0.1, 0.15) is 31.4 Å². The van der Waals surface area contributed by atoms with Crippen molar-refractivity contribution in [3.05, 3.63) is 33.8 Å². The van der Waals surface area contributed by atoms with E-state index in [1.165, 1.54) is 0 Å². The van der Waals surface area contributed by atoms with Crippen molar-refractivity contribution >= 4 is 35.2 Å². The van der Waals surface area contributed by atoms with Gasteiger partial charge >= 0.3 is 12.0 Å². The van der Waals surface area contributed by atoms with E-state index >= 15 is 0 Å². The van der Waals surface area contributed by atoms with Crippen LogP contribution in [0.15, 0.2) is 18.2 Å². The summed E-state index contributed by atoms with van der Waals surface area (Å²) in [7, 11) is 0. The first-order chi connectivity index (χ1) is 9.40. The number of urea groups is 1. The Bertz CT molecular complexity index is 495. The molecule has 0 radical (unpaired) electrons. The molecule has 1 aromatic rings. The third kappa shape index (κ3) is 5.67. The molecule has 0 spiro atoms. The molecule has 1 atom stereocenters. The van der Waals surface area contributed by atoms with Crippen molar-refractivity contribution in [2.24, 2.45) is 0 Å². The summed E-state index contributed by atoms with van der Waals surface area (Å²) in [5.41, 5.74) is 0.761. The summed E-state index contributed by atoms with van der Waals surface area (Å²) >= 11 is 11.9. The Hall–Kier alpha value is -1.46. The van der Waals surface area contributed by atoms with Crippen molar-refractivity contribution in [1.29, 1.82) is 0 Å². The highest BCUT2D eigenvalue weighted by molar-refractivity contribution is 6.35. The van der Waals surface area contributed by atoms with Gasteiger partial charge in [-0.3, -0.25) is 4.79 Å². The minimum atomic E-state index is -0.881. The normalized spacial score (nSPS) is 11.8. The molecule has 0 bridgehead atoms. The highest BCUT2D eigenvalue weighted by Crippen LogP contribution is 2.25. The number of hydrogen-bond acceptors (Lipinski definition) is 2. The minimum Gasteiger partial charge on any atom is -0.481 e. The molecule has 1 aromatic carbocycles. The number of carboxylic acid groups (broad SMARTS) is 1. The zero-order valence-electron chi connectivity index (χ0n) is 11.0.